The molecular formula is C25H31N3O. The fourth-order valence-electron chi connectivity index (χ4n) is 5.49. The summed E-state index contributed by atoms with van der Waals surface area (Å²) >= 11 is 0. The Morgan fingerprint density at radius 2 is 1.66 bits per heavy atom. The Kier molecular flexibility index (Phi) is 5.17. The number of amides is 1. The van der Waals surface area contributed by atoms with Gasteiger partial charge in [-0.3, -0.25) is 4.79 Å². The lowest BCUT2D eigenvalue weighted by Gasteiger charge is -2.50. The SMILES string of the molecule is O=C(NC1CCCCC1)[C@@H]1Cc2ccccc2N2CCN(c3ccccc3)C[C@H]12. The lowest BCUT2D eigenvalue weighted by Crippen LogP contribution is -2.61. The maximum absolute atomic E-state index is 13.4. The average Bonchev–Trinajstić information content (AvgIpc) is 2.79. The molecule has 5 rings (SSSR count). The highest BCUT2D eigenvalue weighted by atomic mass is 16.2. The number of fused-ring (bicyclic) bond motifs is 3. The largest absolute Gasteiger partial charge is 0.368 e. The highest BCUT2D eigenvalue weighted by molar-refractivity contribution is 5.82. The summed E-state index contributed by atoms with van der Waals surface area (Å²) in [5.41, 5.74) is 3.91. The smallest absolute Gasteiger partial charge is 0.225 e. The van der Waals surface area contributed by atoms with Crippen LogP contribution in [0.2, 0.25) is 0 Å². The molecule has 3 aliphatic rings. The molecule has 2 heterocycles. The van der Waals surface area contributed by atoms with Crippen molar-refractivity contribution in [2.75, 3.05) is 29.4 Å². The molecule has 1 N–H and O–H groups in total. The molecule has 2 atom stereocenters. The molecule has 2 aromatic rings. The number of rotatable bonds is 3. The van der Waals surface area contributed by atoms with Crippen LogP contribution in [0.5, 0.6) is 0 Å². The van der Waals surface area contributed by atoms with E-state index in [1.165, 1.54) is 36.2 Å². The predicted octanol–water partition coefficient (Wildman–Crippen LogP) is 4.00. The van der Waals surface area contributed by atoms with Crippen molar-refractivity contribution in [3.63, 3.8) is 0 Å². The molecule has 0 bridgehead atoms. The Bertz CT molecular complexity index is 846. The van der Waals surface area contributed by atoms with Gasteiger partial charge >= 0.3 is 0 Å². The van der Waals surface area contributed by atoms with Crippen LogP contribution in [0, 0.1) is 5.92 Å². The number of para-hydroxylation sites is 2. The van der Waals surface area contributed by atoms with Gasteiger partial charge < -0.3 is 15.1 Å². The third kappa shape index (κ3) is 3.73. The minimum absolute atomic E-state index is 0.0124. The molecule has 2 fully saturated rings. The Morgan fingerprint density at radius 1 is 0.897 bits per heavy atom. The Morgan fingerprint density at radius 3 is 2.48 bits per heavy atom. The molecule has 0 spiro atoms. The van der Waals surface area contributed by atoms with Crippen LogP contribution in [0.1, 0.15) is 37.7 Å². The standard InChI is InChI=1S/C25H31N3O/c29-25(26-20-10-3-1-4-11-20)22-17-19-9-7-8-14-23(19)28-16-15-27(18-24(22)28)21-12-5-2-6-13-21/h2,5-9,12-14,20,22,24H,1,3-4,10-11,15-18H2,(H,26,29)/t22-,24-/m1/s1. The maximum atomic E-state index is 13.4. The van der Waals surface area contributed by atoms with E-state index < -0.39 is 0 Å². The summed E-state index contributed by atoms with van der Waals surface area (Å²) < 4.78 is 0. The van der Waals surface area contributed by atoms with E-state index in [1.54, 1.807) is 0 Å². The van der Waals surface area contributed by atoms with E-state index in [9.17, 15) is 4.79 Å². The number of piperazine rings is 1. The number of anilines is 2. The summed E-state index contributed by atoms with van der Waals surface area (Å²) in [6.07, 6.45) is 6.93. The molecule has 2 aromatic carbocycles. The predicted molar refractivity (Wildman–Crippen MR) is 118 cm³/mol. The third-order valence-corrected chi connectivity index (χ3v) is 7.03. The molecule has 0 unspecified atom stereocenters. The van der Waals surface area contributed by atoms with Gasteiger partial charge in [-0.2, -0.15) is 0 Å². The first kappa shape index (κ1) is 18.5. The van der Waals surface area contributed by atoms with Crippen LogP contribution in [0.3, 0.4) is 0 Å². The van der Waals surface area contributed by atoms with Gasteiger partial charge in [0.15, 0.2) is 0 Å². The van der Waals surface area contributed by atoms with Crippen molar-refractivity contribution >= 4 is 17.3 Å². The number of nitrogens with zero attached hydrogens (tertiary/aromatic N) is 2. The van der Waals surface area contributed by atoms with Gasteiger partial charge in [0, 0.05) is 37.1 Å². The second-order valence-electron chi connectivity index (χ2n) is 8.83. The highest BCUT2D eigenvalue weighted by Gasteiger charge is 2.41. The minimum Gasteiger partial charge on any atom is -0.368 e. The van der Waals surface area contributed by atoms with Gasteiger partial charge in [-0.1, -0.05) is 55.7 Å². The first-order valence-electron chi connectivity index (χ1n) is 11.2. The number of benzene rings is 2. The van der Waals surface area contributed by atoms with Crippen LogP contribution in [-0.4, -0.2) is 37.6 Å². The van der Waals surface area contributed by atoms with Crippen LogP contribution in [-0.2, 0) is 11.2 Å². The normalized spacial score (nSPS) is 24.6. The second kappa shape index (κ2) is 8.10. The maximum Gasteiger partial charge on any atom is 0.225 e. The van der Waals surface area contributed by atoms with Crippen molar-refractivity contribution in [1.82, 2.24) is 5.32 Å². The summed E-state index contributed by atoms with van der Waals surface area (Å²) in [6, 6.07) is 19.9. The summed E-state index contributed by atoms with van der Waals surface area (Å²) in [5.74, 6) is 0.273. The lowest BCUT2D eigenvalue weighted by atomic mass is 9.82. The zero-order valence-electron chi connectivity index (χ0n) is 17.1. The Balaban J connectivity index is 1.40. The number of nitrogens with one attached hydrogen (secondary N) is 1. The lowest BCUT2D eigenvalue weighted by molar-refractivity contribution is -0.126. The van der Waals surface area contributed by atoms with E-state index in [4.69, 9.17) is 0 Å². The van der Waals surface area contributed by atoms with Crippen LogP contribution < -0.4 is 15.1 Å². The van der Waals surface area contributed by atoms with Crippen molar-refractivity contribution in [3.8, 4) is 0 Å². The fourth-order valence-corrected chi connectivity index (χ4v) is 5.49. The summed E-state index contributed by atoms with van der Waals surface area (Å²) in [7, 11) is 0. The monoisotopic (exact) mass is 389 g/mol. The zero-order chi connectivity index (χ0) is 19.6. The third-order valence-electron chi connectivity index (χ3n) is 7.03. The molecule has 152 valence electrons. The molecule has 2 aliphatic heterocycles. The molecule has 4 heteroatoms. The van der Waals surface area contributed by atoms with E-state index in [0.29, 0.717) is 6.04 Å². The van der Waals surface area contributed by atoms with Crippen LogP contribution in [0.25, 0.3) is 0 Å². The van der Waals surface area contributed by atoms with Gasteiger partial charge in [0.1, 0.15) is 0 Å². The van der Waals surface area contributed by atoms with Crippen molar-refractivity contribution in [2.45, 2.75) is 50.6 Å². The van der Waals surface area contributed by atoms with E-state index in [1.807, 2.05) is 0 Å². The first-order chi connectivity index (χ1) is 14.3. The van der Waals surface area contributed by atoms with E-state index >= 15 is 0 Å². The fraction of sp³-hybridized carbons (Fsp3) is 0.480. The molecule has 29 heavy (non-hydrogen) atoms. The number of hydrogen-bond acceptors (Lipinski definition) is 3. The molecule has 0 radical (unpaired) electrons. The van der Waals surface area contributed by atoms with Gasteiger partial charge in [-0.15, -0.1) is 0 Å². The summed E-state index contributed by atoms with van der Waals surface area (Å²) in [5, 5.41) is 3.42. The van der Waals surface area contributed by atoms with Crippen molar-refractivity contribution in [1.29, 1.82) is 0 Å². The number of hydrogen-bond donors (Lipinski definition) is 1. The van der Waals surface area contributed by atoms with Gasteiger partial charge in [0.2, 0.25) is 5.91 Å². The molecule has 0 aromatic heterocycles. The number of carbonyl (C=O) groups excluding carboxylic acids is 1. The Hall–Kier alpha value is -2.49. The summed E-state index contributed by atoms with van der Waals surface area (Å²) in [6.45, 7) is 2.86. The van der Waals surface area contributed by atoms with E-state index in [-0.39, 0.29) is 17.9 Å². The number of carbonyl (C=O) groups is 1. The first-order valence-corrected chi connectivity index (χ1v) is 11.2. The van der Waals surface area contributed by atoms with Crippen LogP contribution in [0.4, 0.5) is 11.4 Å². The molecular weight excluding hydrogens is 358 g/mol. The zero-order valence-corrected chi connectivity index (χ0v) is 17.1. The van der Waals surface area contributed by atoms with Crippen LogP contribution >= 0.6 is 0 Å². The van der Waals surface area contributed by atoms with Crippen LogP contribution in [0.15, 0.2) is 54.6 Å². The highest BCUT2D eigenvalue weighted by Crippen LogP contribution is 2.37. The molecule has 1 saturated heterocycles. The van der Waals surface area contributed by atoms with Crippen molar-refractivity contribution in [3.05, 3.63) is 60.2 Å². The van der Waals surface area contributed by atoms with Crippen molar-refractivity contribution < 1.29 is 4.79 Å². The molecule has 1 saturated carbocycles. The van der Waals surface area contributed by atoms with Gasteiger partial charge in [0.05, 0.1) is 12.0 Å². The molecule has 4 nitrogen and oxygen atoms in total. The van der Waals surface area contributed by atoms with E-state index in [0.717, 1.165) is 38.9 Å². The molecule has 1 amide bonds. The van der Waals surface area contributed by atoms with E-state index in [2.05, 4.69) is 69.7 Å². The Labute approximate surface area is 173 Å². The minimum atomic E-state index is 0.0124. The van der Waals surface area contributed by atoms with Gasteiger partial charge in [-0.05, 0) is 43.0 Å². The molecule has 1 aliphatic carbocycles. The van der Waals surface area contributed by atoms with Gasteiger partial charge in [0.25, 0.3) is 0 Å². The average molecular weight is 390 g/mol. The second-order valence-corrected chi connectivity index (χ2v) is 8.83. The van der Waals surface area contributed by atoms with Crippen molar-refractivity contribution in [2.24, 2.45) is 5.92 Å². The topological polar surface area (TPSA) is 35.6 Å². The summed E-state index contributed by atoms with van der Waals surface area (Å²) in [4.78, 5) is 18.4. The quantitative estimate of drug-likeness (QED) is 0.862. The van der Waals surface area contributed by atoms with Gasteiger partial charge in [-0.25, -0.2) is 0 Å².